The zero-order chi connectivity index (χ0) is 28.5. The average molecular weight is 544 g/mol. The maximum absolute atomic E-state index is 12.2. The summed E-state index contributed by atoms with van der Waals surface area (Å²) in [5, 5.41) is 22.2. The summed E-state index contributed by atoms with van der Waals surface area (Å²) in [5.41, 5.74) is 4.67. The number of phenols is 1. The Morgan fingerprint density at radius 2 is 1.55 bits per heavy atom. The molecule has 0 radical (unpaired) electrons. The first kappa shape index (κ1) is 29.1. The molecule has 3 unspecified atom stereocenters. The highest BCUT2D eigenvalue weighted by molar-refractivity contribution is 5.43. The second kappa shape index (κ2) is 11.8. The minimum Gasteiger partial charge on any atom is -0.508 e. The van der Waals surface area contributed by atoms with E-state index in [1.165, 1.54) is 11.1 Å². The molecule has 0 aliphatic heterocycles. The Morgan fingerprint density at radius 3 is 2.17 bits per heavy atom. The van der Waals surface area contributed by atoms with Crippen LogP contribution in [0, 0.1) is 29.1 Å². The van der Waals surface area contributed by atoms with Crippen LogP contribution in [0.3, 0.4) is 0 Å². The van der Waals surface area contributed by atoms with E-state index in [2.05, 4.69) is 74.5 Å². The van der Waals surface area contributed by atoms with Crippen LogP contribution in [-0.2, 0) is 19.5 Å². The minimum absolute atomic E-state index is 0.198. The molecule has 3 aliphatic rings. The summed E-state index contributed by atoms with van der Waals surface area (Å²) in [4.78, 5) is 9.80. The molecule has 40 heavy (non-hydrogen) atoms. The van der Waals surface area contributed by atoms with Crippen LogP contribution in [0.4, 0.5) is 0 Å². The van der Waals surface area contributed by atoms with Crippen molar-refractivity contribution in [1.29, 1.82) is 0 Å². The van der Waals surface area contributed by atoms with Gasteiger partial charge in [0.15, 0.2) is 0 Å². The number of pyridine rings is 1. The molecule has 0 amide bonds. The number of benzene rings is 1. The Kier molecular flexibility index (Phi) is 8.62. The number of fused-ring (bicyclic) bond motifs is 5. The molecule has 1 aromatic heterocycles. The summed E-state index contributed by atoms with van der Waals surface area (Å²) < 4.78 is 0. The first-order valence-corrected chi connectivity index (χ1v) is 15.7. The van der Waals surface area contributed by atoms with Gasteiger partial charge in [-0.2, -0.15) is 0 Å². The van der Waals surface area contributed by atoms with Gasteiger partial charge in [0.05, 0.1) is 11.4 Å². The maximum atomic E-state index is 12.2. The molecule has 2 N–H and O–H groups in total. The van der Waals surface area contributed by atoms with E-state index in [0.29, 0.717) is 23.5 Å². The molecule has 1 heterocycles. The second-order valence-electron chi connectivity index (χ2n) is 12.7. The third kappa shape index (κ3) is 5.43. The number of aromatic hydroxyl groups is 1. The number of nitrogens with zero attached hydrogens (tertiary/aromatic N) is 3. The summed E-state index contributed by atoms with van der Waals surface area (Å²) in [6, 6.07) is 10.2. The fraction of sp³-hybridized carbons (Fsp3) is 0.629. The highest BCUT2D eigenvalue weighted by atomic mass is 16.3. The van der Waals surface area contributed by atoms with Crippen LogP contribution in [0.25, 0.3) is 0 Å². The number of aryl methyl sites for hydroxylation is 1. The van der Waals surface area contributed by atoms with Crippen molar-refractivity contribution >= 4 is 0 Å². The quantitative estimate of drug-likeness (QED) is 0.394. The van der Waals surface area contributed by atoms with Gasteiger partial charge < -0.3 is 10.2 Å². The minimum atomic E-state index is -0.973. The molecule has 2 aromatic rings. The second-order valence-corrected chi connectivity index (χ2v) is 12.7. The molecular formula is C35H49N3O2. The number of phenolic OH excluding ortho intramolecular Hbond substituents is 1. The van der Waals surface area contributed by atoms with Crippen molar-refractivity contribution < 1.29 is 10.2 Å². The lowest BCUT2D eigenvalue weighted by Gasteiger charge is -2.52. The normalized spacial score (nSPS) is 29.1. The Morgan fingerprint density at radius 1 is 0.900 bits per heavy atom. The first-order valence-electron chi connectivity index (χ1n) is 15.7. The molecule has 5 rings (SSSR count). The van der Waals surface area contributed by atoms with Gasteiger partial charge in [-0.15, -0.1) is 0 Å². The van der Waals surface area contributed by atoms with Crippen molar-refractivity contribution in [3.05, 3.63) is 58.4 Å². The van der Waals surface area contributed by atoms with Gasteiger partial charge in [0.1, 0.15) is 11.4 Å². The topological polar surface area (TPSA) is 59.8 Å². The van der Waals surface area contributed by atoms with E-state index in [9.17, 15) is 10.2 Å². The van der Waals surface area contributed by atoms with Gasteiger partial charge in [0, 0.05) is 24.1 Å². The van der Waals surface area contributed by atoms with Gasteiger partial charge in [0.2, 0.25) is 0 Å². The van der Waals surface area contributed by atoms with Gasteiger partial charge in [-0.3, -0.25) is 14.8 Å². The predicted octanol–water partition coefficient (Wildman–Crippen LogP) is 6.11. The van der Waals surface area contributed by atoms with E-state index in [-0.39, 0.29) is 5.41 Å². The zero-order valence-corrected chi connectivity index (χ0v) is 25.3. The van der Waals surface area contributed by atoms with E-state index >= 15 is 0 Å². The van der Waals surface area contributed by atoms with Crippen molar-refractivity contribution in [2.75, 3.05) is 26.2 Å². The largest absolute Gasteiger partial charge is 0.508 e. The van der Waals surface area contributed by atoms with Crippen molar-refractivity contribution in [1.82, 2.24) is 14.8 Å². The molecule has 3 aliphatic carbocycles. The fourth-order valence-corrected chi connectivity index (χ4v) is 8.20. The van der Waals surface area contributed by atoms with Crippen molar-refractivity contribution in [3.8, 4) is 17.6 Å². The fourth-order valence-electron chi connectivity index (χ4n) is 8.20. The third-order valence-corrected chi connectivity index (χ3v) is 10.8. The molecule has 2 fully saturated rings. The van der Waals surface area contributed by atoms with Gasteiger partial charge in [-0.25, -0.2) is 0 Å². The lowest BCUT2D eigenvalue weighted by Crippen LogP contribution is -2.50. The van der Waals surface area contributed by atoms with Crippen LogP contribution < -0.4 is 0 Å². The van der Waals surface area contributed by atoms with Crippen molar-refractivity contribution in [2.24, 2.45) is 17.3 Å². The van der Waals surface area contributed by atoms with Gasteiger partial charge >= 0.3 is 0 Å². The van der Waals surface area contributed by atoms with Crippen LogP contribution in [0.1, 0.15) is 101 Å². The van der Waals surface area contributed by atoms with Crippen molar-refractivity contribution in [3.63, 3.8) is 0 Å². The molecule has 1 aromatic carbocycles. The summed E-state index contributed by atoms with van der Waals surface area (Å²) in [6.45, 7) is 16.7. The maximum Gasteiger partial charge on any atom is 0.131 e. The summed E-state index contributed by atoms with van der Waals surface area (Å²) in [7, 11) is 0. The highest BCUT2D eigenvalue weighted by Crippen LogP contribution is 2.64. The van der Waals surface area contributed by atoms with Crippen molar-refractivity contribution in [2.45, 2.75) is 97.8 Å². The SMILES string of the molecule is CCN(CC)Cc1cc(C#C[C@]2(O)CCC3C4CCc5cc(O)ccc5C4CC[C@@]32C)cc(CN(CC)CC)n1. The Bertz CT molecular complexity index is 1220. The number of aliphatic hydroxyl groups is 1. The van der Waals surface area contributed by atoms with Gasteiger partial charge in [0.25, 0.3) is 0 Å². The number of hydrogen-bond acceptors (Lipinski definition) is 5. The van der Waals surface area contributed by atoms with E-state index in [1.807, 2.05) is 12.1 Å². The predicted molar refractivity (Wildman–Crippen MR) is 162 cm³/mol. The number of hydrogen-bond donors (Lipinski definition) is 2. The highest BCUT2D eigenvalue weighted by Gasteiger charge is 2.61. The van der Waals surface area contributed by atoms with Crippen LogP contribution in [0.5, 0.6) is 5.75 Å². The zero-order valence-electron chi connectivity index (χ0n) is 25.3. The molecule has 5 nitrogen and oxygen atoms in total. The van der Waals surface area contributed by atoms with Crippen LogP contribution in [-0.4, -0.2) is 56.8 Å². The third-order valence-electron chi connectivity index (χ3n) is 10.8. The van der Waals surface area contributed by atoms with Crippen LogP contribution in [0.15, 0.2) is 30.3 Å². The Labute approximate surface area is 242 Å². The molecule has 0 bridgehead atoms. The Balaban J connectivity index is 1.42. The summed E-state index contributed by atoms with van der Waals surface area (Å²) in [5.74, 6) is 8.90. The smallest absolute Gasteiger partial charge is 0.131 e. The molecule has 216 valence electrons. The van der Waals surface area contributed by atoms with Gasteiger partial charge in [-0.1, -0.05) is 52.5 Å². The lowest BCUT2D eigenvalue weighted by molar-refractivity contribution is -0.0647. The van der Waals surface area contributed by atoms with E-state index in [1.54, 1.807) is 0 Å². The van der Waals surface area contributed by atoms with E-state index < -0.39 is 5.60 Å². The van der Waals surface area contributed by atoms with Crippen LogP contribution in [0.2, 0.25) is 0 Å². The van der Waals surface area contributed by atoms with Gasteiger partial charge in [-0.05, 0) is 118 Å². The monoisotopic (exact) mass is 543 g/mol. The molecule has 0 saturated heterocycles. The molecular weight excluding hydrogens is 494 g/mol. The van der Waals surface area contributed by atoms with E-state index in [4.69, 9.17) is 4.98 Å². The molecule has 5 heteroatoms. The number of aromatic nitrogens is 1. The Hall–Kier alpha value is -2.39. The summed E-state index contributed by atoms with van der Waals surface area (Å²) in [6.07, 6.45) is 6.00. The molecule has 2 saturated carbocycles. The lowest BCUT2D eigenvalue weighted by atomic mass is 9.53. The molecule has 0 spiro atoms. The van der Waals surface area contributed by atoms with Crippen LogP contribution >= 0.6 is 0 Å². The standard InChI is InChI=1S/C35H49N3O2/c1-6-37(7-2)23-27-20-25(21-28(36-27)24-38(8-3)9-4)14-18-35(40)19-16-33-32-12-10-26-22-29(39)11-13-30(26)31(32)15-17-34(33,35)5/h11,13,20-22,31-33,39-40H,6-10,12,15-17,19,23-24H2,1-5H3/t31?,32?,33?,34-,35-/m0/s1. The van der Waals surface area contributed by atoms with E-state index in [0.717, 1.165) is 94.7 Å². The molecule has 5 atom stereocenters. The summed E-state index contributed by atoms with van der Waals surface area (Å²) >= 11 is 0. The average Bonchev–Trinajstić information content (AvgIpc) is 3.23. The number of rotatable bonds is 8. The first-order chi connectivity index (χ1) is 19.2.